The summed E-state index contributed by atoms with van der Waals surface area (Å²) in [5.74, 6) is -0.816. The summed E-state index contributed by atoms with van der Waals surface area (Å²) in [7, 11) is -4.16. The minimum atomic E-state index is -4.16. The average Bonchev–Trinajstić information content (AvgIpc) is 3.47. The highest BCUT2D eigenvalue weighted by Gasteiger charge is 2.35. The van der Waals surface area contributed by atoms with Crippen molar-refractivity contribution in [3.63, 3.8) is 0 Å². The van der Waals surface area contributed by atoms with Gasteiger partial charge in [-0.15, -0.1) is 0 Å². The second-order valence-electron chi connectivity index (χ2n) is 11.2. The smallest absolute Gasteiger partial charge is 0.264 e. The standard InChI is InChI=1S/C33H39Cl2N3O4S/c1-5-31(33(40)36-25-9-6-7-10-25)37(20-28-29(34)11-8-12-30(28)35)32(39)21-38(26-16-15-23(3)24(4)19-26)43(41,42)27-17-13-22(2)14-18-27/h8,11-19,25,31H,5-7,9-10,20-21H2,1-4H3,(H,36,40)/t31-/m0/s1. The van der Waals surface area contributed by atoms with E-state index in [9.17, 15) is 18.0 Å². The monoisotopic (exact) mass is 643 g/mol. The van der Waals surface area contributed by atoms with E-state index in [1.807, 2.05) is 33.8 Å². The zero-order valence-electron chi connectivity index (χ0n) is 25.1. The van der Waals surface area contributed by atoms with Crippen LogP contribution in [-0.2, 0) is 26.2 Å². The van der Waals surface area contributed by atoms with E-state index in [2.05, 4.69) is 5.32 Å². The highest BCUT2D eigenvalue weighted by Crippen LogP contribution is 2.30. The lowest BCUT2D eigenvalue weighted by atomic mass is 10.1. The van der Waals surface area contributed by atoms with Gasteiger partial charge in [-0.25, -0.2) is 8.42 Å². The third-order valence-electron chi connectivity index (χ3n) is 8.14. The molecule has 230 valence electrons. The summed E-state index contributed by atoms with van der Waals surface area (Å²) >= 11 is 13.0. The molecule has 0 radical (unpaired) electrons. The Morgan fingerprint density at radius 2 is 1.56 bits per heavy atom. The predicted molar refractivity (Wildman–Crippen MR) is 173 cm³/mol. The van der Waals surface area contributed by atoms with E-state index in [0.717, 1.165) is 46.7 Å². The fourth-order valence-corrected chi connectivity index (χ4v) is 7.31. The zero-order valence-corrected chi connectivity index (χ0v) is 27.4. The maximum absolute atomic E-state index is 14.3. The van der Waals surface area contributed by atoms with Crippen LogP contribution in [0.15, 0.2) is 65.6 Å². The number of carbonyl (C=O) groups is 2. The van der Waals surface area contributed by atoms with Gasteiger partial charge in [0.05, 0.1) is 10.6 Å². The summed E-state index contributed by atoms with van der Waals surface area (Å²) in [6.45, 7) is 6.96. The molecule has 0 saturated heterocycles. The molecule has 1 aliphatic carbocycles. The lowest BCUT2D eigenvalue weighted by Crippen LogP contribution is -2.53. The molecule has 1 aliphatic rings. The summed E-state index contributed by atoms with van der Waals surface area (Å²) in [5.41, 5.74) is 3.64. The van der Waals surface area contributed by atoms with Crippen LogP contribution in [0.25, 0.3) is 0 Å². The van der Waals surface area contributed by atoms with Crippen LogP contribution < -0.4 is 9.62 Å². The first-order chi connectivity index (χ1) is 20.4. The topological polar surface area (TPSA) is 86.8 Å². The van der Waals surface area contributed by atoms with Gasteiger partial charge in [0.2, 0.25) is 11.8 Å². The summed E-state index contributed by atoms with van der Waals surface area (Å²) in [4.78, 5) is 29.4. The molecule has 43 heavy (non-hydrogen) atoms. The van der Waals surface area contributed by atoms with Gasteiger partial charge in [0, 0.05) is 28.2 Å². The molecule has 2 amide bonds. The van der Waals surface area contributed by atoms with Gasteiger partial charge in [0.1, 0.15) is 12.6 Å². The van der Waals surface area contributed by atoms with Crippen LogP contribution in [0.1, 0.15) is 61.3 Å². The predicted octanol–water partition coefficient (Wildman–Crippen LogP) is 6.98. The Hall–Kier alpha value is -3.07. The lowest BCUT2D eigenvalue weighted by Gasteiger charge is -2.34. The molecule has 0 aromatic heterocycles. The summed E-state index contributed by atoms with van der Waals surface area (Å²) < 4.78 is 29.3. The van der Waals surface area contributed by atoms with E-state index in [4.69, 9.17) is 23.2 Å². The van der Waals surface area contributed by atoms with E-state index in [1.165, 1.54) is 17.0 Å². The number of hydrogen-bond donors (Lipinski definition) is 1. The molecular weight excluding hydrogens is 605 g/mol. The quantitative estimate of drug-likeness (QED) is 0.244. The van der Waals surface area contributed by atoms with E-state index in [1.54, 1.807) is 42.5 Å². The van der Waals surface area contributed by atoms with E-state index >= 15 is 0 Å². The van der Waals surface area contributed by atoms with Gasteiger partial charge >= 0.3 is 0 Å². The molecule has 3 aromatic rings. The molecule has 0 aliphatic heterocycles. The van der Waals surface area contributed by atoms with Crippen molar-refractivity contribution in [1.29, 1.82) is 0 Å². The lowest BCUT2D eigenvalue weighted by molar-refractivity contribution is -0.140. The molecule has 0 heterocycles. The third kappa shape index (κ3) is 7.72. The Morgan fingerprint density at radius 3 is 2.14 bits per heavy atom. The number of rotatable bonds is 11. The highest BCUT2D eigenvalue weighted by molar-refractivity contribution is 7.92. The Balaban J connectivity index is 1.76. The molecule has 4 rings (SSSR count). The van der Waals surface area contributed by atoms with Crippen LogP contribution in [-0.4, -0.2) is 43.8 Å². The van der Waals surface area contributed by atoms with Crippen molar-refractivity contribution >= 4 is 50.7 Å². The Morgan fingerprint density at radius 1 is 0.930 bits per heavy atom. The molecule has 3 aromatic carbocycles. The Kier molecular flexibility index (Phi) is 10.8. The number of carbonyl (C=O) groups excluding carboxylic acids is 2. The van der Waals surface area contributed by atoms with Crippen molar-refractivity contribution in [2.45, 2.75) is 83.3 Å². The van der Waals surface area contributed by atoms with Gasteiger partial charge in [-0.2, -0.15) is 0 Å². The number of aryl methyl sites for hydroxylation is 3. The molecule has 1 fully saturated rings. The zero-order chi connectivity index (χ0) is 31.3. The van der Waals surface area contributed by atoms with E-state index < -0.39 is 28.5 Å². The van der Waals surface area contributed by atoms with Gasteiger partial charge < -0.3 is 10.2 Å². The first-order valence-electron chi connectivity index (χ1n) is 14.6. The normalized spacial score (nSPS) is 14.4. The second kappa shape index (κ2) is 14.1. The van der Waals surface area contributed by atoms with Crippen molar-refractivity contribution in [3.8, 4) is 0 Å². The summed E-state index contributed by atoms with van der Waals surface area (Å²) in [6, 6.07) is 16.1. The molecule has 7 nitrogen and oxygen atoms in total. The van der Waals surface area contributed by atoms with Crippen molar-refractivity contribution in [1.82, 2.24) is 10.2 Å². The highest BCUT2D eigenvalue weighted by atomic mass is 35.5. The Labute approximate surface area is 265 Å². The summed E-state index contributed by atoms with van der Waals surface area (Å²) in [6.07, 6.45) is 4.19. The number of anilines is 1. The van der Waals surface area contributed by atoms with Crippen molar-refractivity contribution in [2.24, 2.45) is 0 Å². The number of hydrogen-bond acceptors (Lipinski definition) is 4. The molecule has 0 bridgehead atoms. The Bertz CT molecular complexity index is 1550. The number of amides is 2. The van der Waals surface area contributed by atoms with Crippen molar-refractivity contribution in [2.75, 3.05) is 10.8 Å². The molecule has 1 saturated carbocycles. The second-order valence-corrected chi connectivity index (χ2v) is 13.9. The van der Waals surface area contributed by atoms with Gasteiger partial charge in [0.25, 0.3) is 10.0 Å². The van der Waals surface area contributed by atoms with Crippen LogP contribution in [0, 0.1) is 20.8 Å². The molecule has 10 heteroatoms. The SMILES string of the molecule is CC[C@@H](C(=O)NC1CCCC1)N(Cc1c(Cl)cccc1Cl)C(=O)CN(c1ccc(C)c(C)c1)S(=O)(=O)c1ccc(C)cc1. The number of sulfonamides is 1. The minimum absolute atomic E-state index is 0.0522. The fourth-order valence-electron chi connectivity index (χ4n) is 5.39. The van der Waals surface area contributed by atoms with Crippen molar-refractivity contribution < 1.29 is 18.0 Å². The minimum Gasteiger partial charge on any atom is -0.352 e. The van der Waals surface area contributed by atoms with Gasteiger partial charge in [-0.05, 0) is 87.6 Å². The number of nitrogens with zero attached hydrogens (tertiary/aromatic N) is 2. The summed E-state index contributed by atoms with van der Waals surface area (Å²) in [5, 5.41) is 3.82. The van der Waals surface area contributed by atoms with Crippen LogP contribution in [0.4, 0.5) is 5.69 Å². The molecule has 1 atom stereocenters. The van der Waals surface area contributed by atoms with Gasteiger partial charge in [0.15, 0.2) is 0 Å². The first kappa shape index (κ1) is 32.8. The van der Waals surface area contributed by atoms with Crippen LogP contribution >= 0.6 is 23.2 Å². The molecule has 0 spiro atoms. The van der Waals surface area contributed by atoms with E-state index in [-0.39, 0.29) is 23.4 Å². The number of nitrogens with one attached hydrogen (secondary N) is 1. The number of halogens is 2. The van der Waals surface area contributed by atoms with E-state index in [0.29, 0.717) is 27.7 Å². The molecular formula is C33H39Cl2N3O4S. The van der Waals surface area contributed by atoms with Gasteiger partial charge in [-0.1, -0.05) is 72.8 Å². The van der Waals surface area contributed by atoms with Crippen LogP contribution in [0.5, 0.6) is 0 Å². The van der Waals surface area contributed by atoms with Crippen molar-refractivity contribution in [3.05, 3.63) is 93.0 Å². The van der Waals surface area contributed by atoms with Gasteiger partial charge in [-0.3, -0.25) is 13.9 Å². The third-order valence-corrected chi connectivity index (χ3v) is 10.6. The number of benzene rings is 3. The first-order valence-corrected chi connectivity index (χ1v) is 16.8. The van der Waals surface area contributed by atoms with Crippen LogP contribution in [0.2, 0.25) is 10.0 Å². The maximum atomic E-state index is 14.3. The fraction of sp³-hybridized carbons (Fsp3) is 0.394. The average molecular weight is 645 g/mol. The maximum Gasteiger partial charge on any atom is 0.264 e. The molecule has 1 N–H and O–H groups in total. The largest absolute Gasteiger partial charge is 0.352 e. The van der Waals surface area contributed by atoms with Crippen LogP contribution in [0.3, 0.4) is 0 Å². The molecule has 0 unspecified atom stereocenters.